The molecule has 1 aliphatic heterocycles. The minimum absolute atomic E-state index is 0.157. The van der Waals surface area contributed by atoms with E-state index in [0.29, 0.717) is 28.6 Å². The first-order chi connectivity index (χ1) is 17.2. The first-order valence-electron chi connectivity index (χ1n) is 11.2. The number of hydrogen-bond donors (Lipinski definition) is 3. The van der Waals surface area contributed by atoms with Crippen LogP contribution in [0.25, 0.3) is 22.2 Å². The van der Waals surface area contributed by atoms with Gasteiger partial charge < -0.3 is 21.1 Å². The molecule has 0 bridgehead atoms. The molecule has 36 heavy (non-hydrogen) atoms. The molecule has 5 rings (SSSR count). The van der Waals surface area contributed by atoms with Crippen LogP contribution in [0.15, 0.2) is 71.9 Å². The number of carboxylic acid groups (broad SMARTS) is 1. The van der Waals surface area contributed by atoms with Gasteiger partial charge in [0.2, 0.25) is 5.95 Å². The summed E-state index contributed by atoms with van der Waals surface area (Å²) in [5, 5.41) is 13.4. The highest BCUT2D eigenvalue weighted by Gasteiger charge is 2.29. The van der Waals surface area contributed by atoms with E-state index in [1.54, 1.807) is 48.5 Å². The zero-order valence-corrected chi connectivity index (χ0v) is 20.5. The average Bonchev–Trinajstić information content (AvgIpc) is 3.26. The van der Waals surface area contributed by atoms with Gasteiger partial charge in [0.15, 0.2) is 0 Å². The number of benzene rings is 2. The van der Waals surface area contributed by atoms with Gasteiger partial charge in [0.25, 0.3) is 10.0 Å². The van der Waals surface area contributed by atoms with Crippen LogP contribution in [-0.4, -0.2) is 63.6 Å². The Morgan fingerprint density at radius 1 is 1.11 bits per heavy atom. The second-order valence-electron chi connectivity index (χ2n) is 8.59. The Balaban J connectivity index is 1.55. The van der Waals surface area contributed by atoms with E-state index in [2.05, 4.69) is 15.3 Å². The molecule has 2 unspecified atom stereocenters. The van der Waals surface area contributed by atoms with Gasteiger partial charge in [0, 0.05) is 42.3 Å². The number of likely N-dealkylation sites (tertiary alicyclic amines) is 1. The summed E-state index contributed by atoms with van der Waals surface area (Å²) in [6.07, 6.45) is 2.44. The highest BCUT2D eigenvalue weighted by atomic mass is 35.5. The number of nitrogens with two attached hydrogens (primary N) is 1. The monoisotopic (exact) mass is 526 g/mol. The number of aromatic nitrogens is 3. The van der Waals surface area contributed by atoms with Crippen LogP contribution in [0.5, 0.6) is 0 Å². The van der Waals surface area contributed by atoms with E-state index in [1.165, 1.54) is 21.3 Å². The molecule has 1 amide bonds. The Morgan fingerprint density at radius 2 is 1.83 bits per heavy atom. The fraction of sp³-hybridized carbons (Fsp3) is 0.208. The average molecular weight is 527 g/mol. The summed E-state index contributed by atoms with van der Waals surface area (Å²) in [6.45, 7) is 0.495. The van der Waals surface area contributed by atoms with E-state index in [9.17, 15) is 18.3 Å². The molecule has 0 aliphatic carbocycles. The number of fused-ring (bicyclic) bond motifs is 1. The molecule has 4 N–H and O–H groups in total. The molecule has 0 saturated carbocycles. The summed E-state index contributed by atoms with van der Waals surface area (Å²) < 4.78 is 28.1. The molecule has 0 spiro atoms. The van der Waals surface area contributed by atoms with Gasteiger partial charge in [-0.05, 0) is 24.6 Å². The number of nitrogens with one attached hydrogen (secondary N) is 1. The van der Waals surface area contributed by atoms with Crippen LogP contribution in [0.2, 0.25) is 5.02 Å². The van der Waals surface area contributed by atoms with Gasteiger partial charge in [0.05, 0.1) is 27.3 Å². The second kappa shape index (κ2) is 9.41. The third kappa shape index (κ3) is 4.48. The zero-order chi connectivity index (χ0) is 25.4. The van der Waals surface area contributed by atoms with Crippen molar-refractivity contribution < 1.29 is 18.3 Å². The van der Waals surface area contributed by atoms with Crippen LogP contribution < -0.4 is 11.1 Å². The zero-order valence-electron chi connectivity index (χ0n) is 19.0. The Labute approximate surface area is 212 Å². The molecule has 0 radical (unpaired) electrons. The van der Waals surface area contributed by atoms with Crippen LogP contribution in [0, 0.1) is 0 Å². The van der Waals surface area contributed by atoms with Crippen LogP contribution in [0.1, 0.15) is 6.42 Å². The Kier molecular flexibility index (Phi) is 6.29. The van der Waals surface area contributed by atoms with Crippen LogP contribution in [-0.2, 0) is 10.0 Å². The van der Waals surface area contributed by atoms with Crippen molar-refractivity contribution in [3.63, 3.8) is 0 Å². The van der Waals surface area contributed by atoms with Gasteiger partial charge in [0.1, 0.15) is 0 Å². The molecule has 186 valence electrons. The summed E-state index contributed by atoms with van der Waals surface area (Å²) in [6, 6.07) is 14.7. The van der Waals surface area contributed by atoms with Gasteiger partial charge in [-0.1, -0.05) is 48.0 Å². The molecule has 10 nitrogen and oxygen atoms in total. The standard InChI is InChI=1S/C24H23ClN6O4S/c25-20-11-27-23(28-16-10-15(26)12-30(13-16)24(32)33)29-22(20)19-14-31(21-9-5-4-8-18(19)21)36(34,35)17-6-2-1-3-7-17/h1-9,11,14-16H,10,12-13,26H2,(H,32,33)(H,27,28,29). The van der Waals surface area contributed by atoms with Crippen molar-refractivity contribution in [2.75, 3.05) is 18.4 Å². The van der Waals surface area contributed by atoms with E-state index in [1.807, 2.05) is 6.07 Å². The first-order valence-corrected chi connectivity index (χ1v) is 13.0. The highest BCUT2D eigenvalue weighted by molar-refractivity contribution is 7.90. The molecule has 1 saturated heterocycles. The van der Waals surface area contributed by atoms with Crippen molar-refractivity contribution in [3.8, 4) is 11.3 Å². The SMILES string of the molecule is NC1CC(Nc2ncc(Cl)c(-c3cn(S(=O)(=O)c4ccccc4)c4ccccc34)n2)CN(C(=O)O)C1. The molecule has 1 fully saturated rings. The lowest BCUT2D eigenvalue weighted by molar-refractivity contribution is 0.127. The summed E-state index contributed by atoms with van der Waals surface area (Å²) in [5.41, 5.74) is 7.39. The summed E-state index contributed by atoms with van der Waals surface area (Å²) in [5.74, 6) is 0.238. The maximum Gasteiger partial charge on any atom is 0.407 e. The number of rotatable bonds is 5. The van der Waals surface area contributed by atoms with Crippen LogP contribution in [0.4, 0.5) is 10.7 Å². The lowest BCUT2D eigenvalue weighted by Gasteiger charge is -2.34. The predicted octanol–water partition coefficient (Wildman–Crippen LogP) is 3.48. The normalized spacial score (nSPS) is 18.3. The minimum atomic E-state index is -3.88. The van der Waals surface area contributed by atoms with Crippen molar-refractivity contribution in [2.24, 2.45) is 5.73 Å². The van der Waals surface area contributed by atoms with Gasteiger partial charge in [-0.3, -0.25) is 0 Å². The Bertz CT molecular complexity index is 1540. The van der Waals surface area contributed by atoms with Crippen molar-refractivity contribution in [1.29, 1.82) is 0 Å². The number of anilines is 1. The smallest absolute Gasteiger partial charge is 0.407 e. The maximum absolute atomic E-state index is 13.4. The number of carbonyl (C=O) groups is 1. The molecule has 4 aromatic rings. The lowest BCUT2D eigenvalue weighted by atomic mass is 10.0. The third-order valence-electron chi connectivity index (χ3n) is 6.06. The lowest BCUT2D eigenvalue weighted by Crippen LogP contribution is -2.53. The van der Waals surface area contributed by atoms with E-state index in [-0.39, 0.29) is 41.0 Å². The fourth-order valence-electron chi connectivity index (χ4n) is 4.45. The maximum atomic E-state index is 13.4. The van der Waals surface area contributed by atoms with E-state index in [0.717, 1.165) is 0 Å². The van der Waals surface area contributed by atoms with Gasteiger partial charge in [-0.2, -0.15) is 0 Å². The minimum Gasteiger partial charge on any atom is -0.465 e. The number of nitrogens with zero attached hydrogens (tertiary/aromatic N) is 4. The third-order valence-corrected chi connectivity index (χ3v) is 8.03. The molecular weight excluding hydrogens is 504 g/mol. The Hall–Kier alpha value is -3.67. The van der Waals surface area contributed by atoms with Crippen molar-refractivity contribution >= 4 is 44.6 Å². The molecule has 2 atom stereocenters. The van der Waals surface area contributed by atoms with Crippen molar-refractivity contribution in [3.05, 3.63) is 72.0 Å². The van der Waals surface area contributed by atoms with Crippen molar-refractivity contribution in [2.45, 2.75) is 23.4 Å². The predicted molar refractivity (Wildman–Crippen MR) is 137 cm³/mol. The fourth-order valence-corrected chi connectivity index (χ4v) is 6.03. The molecule has 2 aromatic heterocycles. The van der Waals surface area contributed by atoms with Gasteiger partial charge >= 0.3 is 6.09 Å². The second-order valence-corrected chi connectivity index (χ2v) is 10.8. The molecule has 2 aromatic carbocycles. The molecular formula is C24H23ClN6O4S. The Morgan fingerprint density at radius 3 is 2.58 bits per heavy atom. The van der Waals surface area contributed by atoms with E-state index in [4.69, 9.17) is 17.3 Å². The molecule has 1 aliphatic rings. The van der Waals surface area contributed by atoms with E-state index < -0.39 is 16.1 Å². The summed E-state index contributed by atoms with van der Waals surface area (Å²) in [4.78, 5) is 21.7. The molecule has 12 heteroatoms. The van der Waals surface area contributed by atoms with E-state index >= 15 is 0 Å². The summed E-state index contributed by atoms with van der Waals surface area (Å²) in [7, 11) is -3.88. The van der Waals surface area contributed by atoms with Gasteiger partial charge in [-0.15, -0.1) is 0 Å². The quantitative estimate of drug-likeness (QED) is 0.358. The first kappa shape index (κ1) is 24.0. The molecule has 3 heterocycles. The number of hydrogen-bond acceptors (Lipinski definition) is 7. The number of halogens is 1. The largest absolute Gasteiger partial charge is 0.465 e. The van der Waals surface area contributed by atoms with Crippen LogP contribution in [0.3, 0.4) is 0 Å². The number of para-hydroxylation sites is 1. The topological polar surface area (TPSA) is 143 Å². The summed E-state index contributed by atoms with van der Waals surface area (Å²) >= 11 is 6.48. The van der Waals surface area contributed by atoms with Crippen LogP contribution >= 0.6 is 11.6 Å². The van der Waals surface area contributed by atoms with Crippen molar-refractivity contribution in [1.82, 2.24) is 18.8 Å². The number of amides is 1. The number of piperidine rings is 1. The highest BCUT2D eigenvalue weighted by Crippen LogP contribution is 2.35. The van der Waals surface area contributed by atoms with Gasteiger partial charge in [-0.25, -0.2) is 27.2 Å².